The van der Waals surface area contributed by atoms with E-state index in [1.807, 2.05) is 0 Å². The minimum atomic E-state index is 1.24. The van der Waals surface area contributed by atoms with Gasteiger partial charge < -0.3 is 0 Å². The van der Waals surface area contributed by atoms with Gasteiger partial charge in [0.05, 0.1) is 0 Å². The van der Waals surface area contributed by atoms with Crippen LogP contribution in [0, 0.1) is 13.8 Å². The zero-order valence-electron chi connectivity index (χ0n) is 27.2. The number of hydrogen-bond acceptors (Lipinski definition) is 0. The molecule has 0 heterocycles. The molecule has 0 aliphatic heterocycles. The van der Waals surface area contributed by atoms with E-state index >= 15 is 0 Å². The second-order valence-corrected chi connectivity index (χ2v) is 13.0. The number of rotatable bonds is 4. The first-order valence-electron chi connectivity index (χ1n) is 16.8. The molecule has 48 heavy (non-hydrogen) atoms. The van der Waals surface area contributed by atoms with Crippen LogP contribution < -0.4 is 0 Å². The SMILES string of the molecule is Cc1c2cccc(-c3cccc(-c4ccc5ccccc5c4)c3)c2c(C)c2cccc(-c3cccc(-c4ccc5ccccc5c4)c3)c12. The highest BCUT2D eigenvalue weighted by molar-refractivity contribution is 6.14. The number of hydrogen-bond donors (Lipinski definition) is 0. The number of fused-ring (bicyclic) bond motifs is 4. The van der Waals surface area contributed by atoms with Crippen LogP contribution in [0.15, 0.2) is 170 Å². The maximum atomic E-state index is 2.35. The summed E-state index contributed by atoms with van der Waals surface area (Å²) in [6.07, 6.45) is 0. The van der Waals surface area contributed by atoms with E-state index in [1.54, 1.807) is 0 Å². The Bertz CT molecular complexity index is 2500. The molecule has 0 aliphatic rings. The lowest BCUT2D eigenvalue weighted by Gasteiger charge is -2.19. The highest BCUT2D eigenvalue weighted by Gasteiger charge is 2.17. The molecule has 0 radical (unpaired) electrons. The van der Waals surface area contributed by atoms with Crippen LogP contribution >= 0.6 is 0 Å². The third kappa shape index (κ3) is 4.69. The van der Waals surface area contributed by atoms with Crippen LogP contribution in [0.5, 0.6) is 0 Å². The van der Waals surface area contributed by atoms with Crippen molar-refractivity contribution in [1.82, 2.24) is 0 Å². The molecule has 0 N–H and O–H groups in total. The monoisotopic (exact) mass is 610 g/mol. The molecule has 0 saturated carbocycles. The second kappa shape index (κ2) is 11.4. The van der Waals surface area contributed by atoms with Gasteiger partial charge >= 0.3 is 0 Å². The highest BCUT2D eigenvalue weighted by atomic mass is 14.2. The molecule has 0 heteroatoms. The van der Waals surface area contributed by atoms with Gasteiger partial charge in [0, 0.05) is 0 Å². The van der Waals surface area contributed by atoms with Crippen LogP contribution in [0.25, 0.3) is 87.6 Å². The third-order valence-corrected chi connectivity index (χ3v) is 10.2. The van der Waals surface area contributed by atoms with Crippen molar-refractivity contribution in [3.63, 3.8) is 0 Å². The van der Waals surface area contributed by atoms with Crippen molar-refractivity contribution in [1.29, 1.82) is 0 Å². The molecule has 0 fully saturated rings. The van der Waals surface area contributed by atoms with Crippen molar-refractivity contribution >= 4 is 43.1 Å². The summed E-state index contributed by atoms with van der Waals surface area (Å²) >= 11 is 0. The van der Waals surface area contributed by atoms with E-state index in [2.05, 4.69) is 184 Å². The van der Waals surface area contributed by atoms with E-state index in [1.165, 1.54) is 98.7 Å². The zero-order chi connectivity index (χ0) is 32.2. The smallest absolute Gasteiger partial charge is 0.00670 e. The van der Waals surface area contributed by atoms with Gasteiger partial charge in [-0.15, -0.1) is 0 Å². The van der Waals surface area contributed by atoms with Crippen LogP contribution in [0.3, 0.4) is 0 Å². The molecule has 0 nitrogen and oxygen atoms in total. The minimum Gasteiger partial charge on any atom is -0.0616 e. The Morgan fingerprint density at radius 2 is 0.646 bits per heavy atom. The van der Waals surface area contributed by atoms with Crippen LogP contribution in [0.1, 0.15) is 11.1 Å². The Kier molecular flexibility index (Phi) is 6.69. The highest BCUT2D eigenvalue weighted by Crippen LogP contribution is 2.42. The summed E-state index contributed by atoms with van der Waals surface area (Å²) in [5.41, 5.74) is 12.6. The molecule has 0 amide bonds. The van der Waals surface area contributed by atoms with Gasteiger partial charge in [0.1, 0.15) is 0 Å². The van der Waals surface area contributed by atoms with Crippen molar-refractivity contribution in [2.75, 3.05) is 0 Å². The van der Waals surface area contributed by atoms with Gasteiger partial charge in [-0.05, 0) is 137 Å². The van der Waals surface area contributed by atoms with Crippen LogP contribution in [-0.4, -0.2) is 0 Å². The summed E-state index contributed by atoms with van der Waals surface area (Å²) in [6.45, 7) is 4.60. The van der Waals surface area contributed by atoms with Crippen LogP contribution in [-0.2, 0) is 0 Å². The Labute approximate surface area is 281 Å². The summed E-state index contributed by atoms with van der Waals surface area (Å²) in [6, 6.07) is 62.4. The van der Waals surface area contributed by atoms with E-state index in [0.29, 0.717) is 0 Å². The molecule has 0 saturated heterocycles. The maximum Gasteiger partial charge on any atom is -0.00670 e. The van der Waals surface area contributed by atoms with Gasteiger partial charge in [-0.25, -0.2) is 0 Å². The molecule has 0 aliphatic carbocycles. The molecule has 9 rings (SSSR count). The van der Waals surface area contributed by atoms with Gasteiger partial charge in [-0.2, -0.15) is 0 Å². The van der Waals surface area contributed by atoms with Crippen molar-refractivity contribution in [2.24, 2.45) is 0 Å². The van der Waals surface area contributed by atoms with E-state index in [0.717, 1.165) is 0 Å². The van der Waals surface area contributed by atoms with Crippen LogP contribution in [0.2, 0.25) is 0 Å². The minimum absolute atomic E-state index is 1.24. The number of aryl methyl sites for hydroxylation is 2. The fourth-order valence-electron chi connectivity index (χ4n) is 7.76. The molecule has 0 aromatic heterocycles. The van der Waals surface area contributed by atoms with E-state index in [4.69, 9.17) is 0 Å². The lowest BCUT2D eigenvalue weighted by Crippen LogP contribution is -1.94. The third-order valence-electron chi connectivity index (χ3n) is 10.2. The standard InChI is InChI=1S/C48H34/c1-31-43-19-9-22-46(42-18-8-16-38(30-42)40-26-24-34-12-4-6-14-36(34)28-40)48(43)32(2)44-20-10-21-45(47(31)44)41-17-7-15-37(29-41)39-25-23-33-11-3-5-13-35(33)27-39/h3-30H,1-2H3. The van der Waals surface area contributed by atoms with Gasteiger partial charge in [-0.1, -0.05) is 146 Å². The molecule has 0 spiro atoms. The molecular weight excluding hydrogens is 577 g/mol. The Hall–Kier alpha value is -5.98. The summed E-state index contributed by atoms with van der Waals surface area (Å²) in [7, 11) is 0. The molecule has 9 aromatic carbocycles. The van der Waals surface area contributed by atoms with Crippen LogP contribution in [0.4, 0.5) is 0 Å². The topological polar surface area (TPSA) is 0 Å². The Balaban J connectivity index is 1.19. The molecular formula is C48H34. The Morgan fingerprint density at radius 1 is 0.271 bits per heavy atom. The molecule has 0 bridgehead atoms. The van der Waals surface area contributed by atoms with Crippen molar-refractivity contribution in [2.45, 2.75) is 13.8 Å². The fourth-order valence-corrected chi connectivity index (χ4v) is 7.76. The maximum absolute atomic E-state index is 2.35. The van der Waals surface area contributed by atoms with E-state index in [-0.39, 0.29) is 0 Å². The normalized spacial score (nSPS) is 11.5. The summed E-state index contributed by atoms with van der Waals surface area (Å²) < 4.78 is 0. The summed E-state index contributed by atoms with van der Waals surface area (Å²) in [5, 5.41) is 10.4. The second-order valence-electron chi connectivity index (χ2n) is 13.0. The molecule has 0 unspecified atom stereocenters. The van der Waals surface area contributed by atoms with Crippen molar-refractivity contribution in [3.8, 4) is 44.5 Å². The van der Waals surface area contributed by atoms with Crippen molar-refractivity contribution < 1.29 is 0 Å². The predicted molar refractivity (Wildman–Crippen MR) is 208 cm³/mol. The van der Waals surface area contributed by atoms with Gasteiger partial charge in [-0.3, -0.25) is 0 Å². The van der Waals surface area contributed by atoms with E-state index < -0.39 is 0 Å². The van der Waals surface area contributed by atoms with Gasteiger partial charge in [0.15, 0.2) is 0 Å². The summed E-state index contributed by atoms with van der Waals surface area (Å²) in [4.78, 5) is 0. The quantitative estimate of drug-likeness (QED) is 0.174. The molecule has 0 atom stereocenters. The number of benzene rings is 9. The average Bonchev–Trinajstić information content (AvgIpc) is 3.16. The zero-order valence-corrected chi connectivity index (χ0v) is 27.2. The lowest BCUT2D eigenvalue weighted by atomic mass is 9.85. The molecule has 9 aromatic rings. The van der Waals surface area contributed by atoms with E-state index in [9.17, 15) is 0 Å². The summed E-state index contributed by atoms with van der Waals surface area (Å²) in [5.74, 6) is 0. The first kappa shape index (κ1) is 28.3. The molecule has 226 valence electrons. The van der Waals surface area contributed by atoms with Gasteiger partial charge in [0.2, 0.25) is 0 Å². The first-order valence-corrected chi connectivity index (χ1v) is 16.8. The first-order chi connectivity index (χ1) is 23.6. The van der Waals surface area contributed by atoms with Gasteiger partial charge in [0.25, 0.3) is 0 Å². The van der Waals surface area contributed by atoms with Crippen molar-refractivity contribution in [3.05, 3.63) is 181 Å². The predicted octanol–water partition coefficient (Wildman–Crippen LogP) is 13.6. The lowest BCUT2D eigenvalue weighted by molar-refractivity contribution is 1.51. The Morgan fingerprint density at radius 3 is 1.10 bits per heavy atom. The fraction of sp³-hybridized carbons (Fsp3) is 0.0417. The largest absolute Gasteiger partial charge is 0.0616 e. The average molecular weight is 611 g/mol.